The van der Waals surface area contributed by atoms with Crippen LogP contribution in [-0.4, -0.2) is 99.8 Å². The summed E-state index contributed by atoms with van der Waals surface area (Å²) in [6.07, 6.45) is -0.566. The molecule has 2 aromatic rings. The zero-order valence-corrected chi connectivity index (χ0v) is 30.5. The number of hydrogen-bond donors (Lipinski definition) is 0. The summed E-state index contributed by atoms with van der Waals surface area (Å²) >= 11 is 0. The van der Waals surface area contributed by atoms with E-state index in [1.807, 2.05) is 59.7 Å². The van der Waals surface area contributed by atoms with Crippen molar-refractivity contribution in [1.29, 1.82) is 0 Å². The number of piperazine rings is 2. The van der Waals surface area contributed by atoms with E-state index in [2.05, 4.69) is 45.9 Å². The number of ether oxygens (including phenoxy) is 4. The number of methoxy groups -OCH3 is 2. The van der Waals surface area contributed by atoms with Gasteiger partial charge in [0, 0.05) is 60.5 Å². The summed E-state index contributed by atoms with van der Waals surface area (Å²) in [6.45, 7) is 16.2. The Morgan fingerprint density at radius 2 is 1.28 bits per heavy atom. The molecule has 0 aromatic heterocycles. The fraction of sp³-hybridized carbons (Fsp3) is 0.462. The molecule has 11 nitrogen and oxygen atoms in total. The van der Waals surface area contributed by atoms with Gasteiger partial charge in [0.25, 0.3) is 0 Å². The van der Waals surface area contributed by atoms with E-state index in [1.54, 1.807) is 24.0 Å². The number of rotatable bonds is 4. The number of anilines is 1. The van der Waals surface area contributed by atoms with Crippen LogP contribution >= 0.6 is 0 Å². The van der Waals surface area contributed by atoms with Crippen molar-refractivity contribution < 1.29 is 33.0 Å². The van der Waals surface area contributed by atoms with E-state index >= 15 is 0 Å². The van der Waals surface area contributed by atoms with Gasteiger partial charge in [-0.1, -0.05) is 6.07 Å². The normalized spacial score (nSPS) is 15.8. The van der Waals surface area contributed by atoms with Gasteiger partial charge in [-0.25, -0.2) is 14.2 Å². The molecule has 3 heterocycles. The topological polar surface area (TPSA) is 96.9 Å². The van der Waals surface area contributed by atoms with Gasteiger partial charge in [0.05, 0.1) is 38.9 Å². The second-order valence-electron chi connectivity index (χ2n) is 14.8. The van der Waals surface area contributed by atoms with Gasteiger partial charge in [-0.15, -0.1) is 0 Å². The summed E-state index contributed by atoms with van der Waals surface area (Å²) in [5.41, 5.74) is 3.39. The number of fused-ring (bicyclic) bond motifs is 2. The number of carbonyl (C=O) groups is 2. The first-order valence-electron chi connectivity index (χ1n) is 17.3. The highest BCUT2D eigenvalue weighted by molar-refractivity contribution is 6.05. The van der Waals surface area contributed by atoms with E-state index in [-0.39, 0.29) is 12.2 Å². The standard InChI is InChI=1S/C39H49N4O7/c1-38(2,3)49-36(44)42-20-16-40(17-21-42)26-12-14-28-32(24-26)48-33-25-27(41-18-22-43(23-19-41)37(45)50-39(4,5)6)13-15-29(33)34(28)35-30(46-7)10-9-11-31(35)47-8/h9-15,24-25H,16-23H2,1-8H3/q+1. The second kappa shape index (κ2) is 13.8. The monoisotopic (exact) mass is 685 g/mol. The lowest BCUT2D eigenvalue weighted by Gasteiger charge is -2.36. The van der Waals surface area contributed by atoms with Crippen LogP contribution in [0.1, 0.15) is 41.5 Å². The van der Waals surface area contributed by atoms with Crippen molar-refractivity contribution in [2.24, 2.45) is 0 Å². The lowest BCUT2D eigenvalue weighted by Crippen LogP contribution is -2.51. The molecule has 2 fully saturated rings. The summed E-state index contributed by atoms with van der Waals surface area (Å²) in [5.74, 6) is 2.12. The molecule has 0 saturated carbocycles. The van der Waals surface area contributed by atoms with Crippen LogP contribution in [0.3, 0.4) is 0 Å². The Bertz CT molecular complexity index is 1900. The van der Waals surface area contributed by atoms with Gasteiger partial charge in [0.2, 0.25) is 5.36 Å². The predicted octanol–water partition coefficient (Wildman–Crippen LogP) is 6.30. The molecule has 3 aliphatic heterocycles. The van der Waals surface area contributed by atoms with Crippen LogP contribution in [0.15, 0.2) is 59.0 Å². The maximum absolute atomic E-state index is 12.7. The van der Waals surface area contributed by atoms with Crippen molar-refractivity contribution in [3.63, 3.8) is 0 Å². The lowest BCUT2D eigenvalue weighted by molar-refractivity contribution is 0.0214. The molecule has 266 valence electrons. The van der Waals surface area contributed by atoms with Gasteiger partial charge in [0.1, 0.15) is 34.0 Å². The van der Waals surface area contributed by atoms with Gasteiger partial charge < -0.3 is 33.2 Å². The Balaban J connectivity index is 1.40. The van der Waals surface area contributed by atoms with E-state index in [0.717, 1.165) is 44.5 Å². The molecule has 6 rings (SSSR count). The third-order valence-corrected chi connectivity index (χ3v) is 8.96. The second-order valence-corrected chi connectivity index (χ2v) is 14.8. The van der Waals surface area contributed by atoms with Gasteiger partial charge in [0.15, 0.2) is 13.1 Å². The summed E-state index contributed by atoms with van der Waals surface area (Å²) in [4.78, 5) is 31.2. The first kappa shape index (κ1) is 34.9. The van der Waals surface area contributed by atoms with E-state index in [9.17, 15) is 9.59 Å². The largest absolute Gasteiger partial charge is 0.496 e. The molecule has 2 amide bonds. The molecule has 4 aliphatic rings. The molecular formula is C39H49N4O7+. The zero-order valence-electron chi connectivity index (χ0n) is 30.5. The average molecular weight is 686 g/mol. The third-order valence-electron chi connectivity index (χ3n) is 8.96. The number of amides is 2. The first-order valence-corrected chi connectivity index (χ1v) is 17.3. The van der Waals surface area contributed by atoms with Crippen molar-refractivity contribution in [3.05, 3.63) is 60.0 Å². The minimum Gasteiger partial charge on any atom is -0.496 e. The SMILES string of the molecule is COc1cccc(OC)c1-c1c2ccc(=[N+]3CCN(C(=O)OC(C)(C)C)CC3)cc-2oc2cc(N3CCN(C(=O)OC(C)(C)C)CC3)ccc12. The van der Waals surface area contributed by atoms with E-state index in [1.165, 1.54) is 0 Å². The predicted molar refractivity (Wildman–Crippen MR) is 194 cm³/mol. The van der Waals surface area contributed by atoms with Crippen molar-refractivity contribution in [2.45, 2.75) is 52.7 Å². The highest BCUT2D eigenvalue weighted by atomic mass is 16.6. The van der Waals surface area contributed by atoms with Crippen LogP contribution in [0.5, 0.6) is 11.5 Å². The summed E-state index contributed by atoms with van der Waals surface area (Å²) < 4.78 is 32.0. The number of carbonyl (C=O) groups excluding carboxylic acids is 2. The van der Waals surface area contributed by atoms with Crippen molar-refractivity contribution in [3.8, 4) is 33.9 Å². The molecule has 0 spiro atoms. The van der Waals surface area contributed by atoms with Crippen LogP contribution in [0.2, 0.25) is 0 Å². The van der Waals surface area contributed by atoms with Crippen LogP contribution in [0.4, 0.5) is 15.3 Å². The maximum atomic E-state index is 12.7. The molecule has 0 unspecified atom stereocenters. The molecule has 50 heavy (non-hydrogen) atoms. The molecule has 2 aromatic carbocycles. The fourth-order valence-corrected chi connectivity index (χ4v) is 6.58. The van der Waals surface area contributed by atoms with Gasteiger partial charge in [-0.3, -0.25) is 4.90 Å². The highest BCUT2D eigenvalue weighted by Crippen LogP contribution is 2.47. The van der Waals surface area contributed by atoms with Gasteiger partial charge >= 0.3 is 12.2 Å². The Labute approximate surface area is 293 Å². The molecular weight excluding hydrogens is 636 g/mol. The Hall–Kier alpha value is -4.93. The Morgan fingerprint density at radius 1 is 0.700 bits per heavy atom. The first-order chi connectivity index (χ1) is 23.7. The maximum Gasteiger partial charge on any atom is 0.410 e. The van der Waals surface area contributed by atoms with Gasteiger partial charge in [-0.05, 0) is 71.9 Å². The summed E-state index contributed by atoms with van der Waals surface area (Å²) in [6, 6.07) is 18.4. The number of hydrogen-bond acceptors (Lipinski definition) is 8. The molecule has 2 saturated heterocycles. The highest BCUT2D eigenvalue weighted by Gasteiger charge is 2.30. The van der Waals surface area contributed by atoms with Crippen molar-refractivity contribution in [2.75, 3.05) is 71.5 Å². The van der Waals surface area contributed by atoms with Gasteiger partial charge in [-0.2, -0.15) is 0 Å². The molecule has 11 heteroatoms. The van der Waals surface area contributed by atoms with Crippen LogP contribution < -0.4 is 24.3 Å². The lowest BCUT2D eigenvalue weighted by atomic mass is 9.92. The smallest absolute Gasteiger partial charge is 0.410 e. The molecule has 0 N–H and O–H groups in total. The zero-order chi connectivity index (χ0) is 35.8. The third kappa shape index (κ3) is 7.46. The fourth-order valence-electron chi connectivity index (χ4n) is 6.58. The van der Waals surface area contributed by atoms with Crippen molar-refractivity contribution >= 4 is 28.8 Å². The Kier molecular flexibility index (Phi) is 9.61. The molecule has 0 bridgehead atoms. The number of nitrogens with zero attached hydrogens (tertiary/aromatic N) is 4. The summed E-state index contributed by atoms with van der Waals surface area (Å²) in [5, 5.41) is 1.94. The molecule has 0 atom stereocenters. The van der Waals surface area contributed by atoms with E-state index < -0.39 is 11.2 Å². The summed E-state index contributed by atoms with van der Waals surface area (Å²) in [7, 11) is 3.33. The Morgan fingerprint density at radius 3 is 1.84 bits per heavy atom. The van der Waals surface area contributed by atoms with E-state index in [4.69, 9.17) is 23.4 Å². The van der Waals surface area contributed by atoms with Crippen molar-refractivity contribution in [1.82, 2.24) is 14.4 Å². The molecule has 0 radical (unpaired) electrons. The molecule has 1 aliphatic carbocycles. The minimum absolute atomic E-state index is 0.283. The van der Waals surface area contributed by atoms with Crippen LogP contribution in [-0.2, 0) is 9.47 Å². The number of benzene rings is 3. The quantitative estimate of drug-likeness (QED) is 0.183. The van der Waals surface area contributed by atoms with E-state index in [0.29, 0.717) is 63.9 Å². The average Bonchev–Trinajstić information content (AvgIpc) is 3.08. The minimum atomic E-state index is -0.535. The van der Waals surface area contributed by atoms with Crippen LogP contribution in [0, 0.1) is 0 Å². The van der Waals surface area contributed by atoms with Crippen LogP contribution in [0.25, 0.3) is 33.4 Å².